The lowest BCUT2D eigenvalue weighted by atomic mass is 10.1. The topological polar surface area (TPSA) is 41.9 Å². The van der Waals surface area contributed by atoms with Gasteiger partial charge in [-0.2, -0.15) is 11.8 Å². The summed E-state index contributed by atoms with van der Waals surface area (Å²) < 4.78 is 2.22. The number of nitrogens with zero attached hydrogens (tertiary/aromatic N) is 1. The number of hydrogen-bond acceptors (Lipinski definition) is 3. The van der Waals surface area contributed by atoms with E-state index in [4.69, 9.17) is 5.73 Å². The van der Waals surface area contributed by atoms with Gasteiger partial charge in [-0.3, -0.25) is 0 Å². The maximum atomic E-state index is 5.70. The monoisotopic (exact) mass is 352 g/mol. The molecule has 1 aromatic heterocycles. The summed E-state index contributed by atoms with van der Waals surface area (Å²) >= 11 is 1.93. The van der Waals surface area contributed by atoms with Crippen LogP contribution in [0.5, 0.6) is 0 Å². The maximum Gasteiger partial charge on any atom is 0.169 e. The summed E-state index contributed by atoms with van der Waals surface area (Å²) in [7, 11) is 1.90. The molecule has 3 N–H and O–H groups in total. The van der Waals surface area contributed by atoms with Crippen LogP contribution in [0.15, 0.2) is 73.2 Å². The fraction of sp³-hybridized carbons (Fsp3) is 0.190. The van der Waals surface area contributed by atoms with Gasteiger partial charge in [0.2, 0.25) is 0 Å². The molecule has 0 saturated heterocycles. The first-order valence-corrected chi connectivity index (χ1v) is 9.53. The smallest absolute Gasteiger partial charge is 0.169 e. The number of aromatic nitrogens is 1. The molecular formula is C21H26N3S+. The fourth-order valence-corrected chi connectivity index (χ4v) is 2.89. The second-order valence-corrected chi connectivity index (χ2v) is 6.67. The first kappa shape index (κ1) is 18.9. The molecule has 0 unspecified atom stereocenters. The van der Waals surface area contributed by atoms with Crippen molar-refractivity contribution in [3.63, 3.8) is 0 Å². The fourth-order valence-electron chi connectivity index (χ4n) is 2.14. The second kappa shape index (κ2) is 11.2. The number of pyridine rings is 1. The standard InChI is InChI=1S/C21H25N3S/c1-23-13-3-2-4-17-25-18-16-24-14-11-20(12-15-24)6-5-19-7-9-21(22)10-8-19/h2-15,22-23H,16-18H2,1H3/p+1/b4-2-,13-3-. The molecule has 0 bridgehead atoms. The first-order chi connectivity index (χ1) is 12.3. The van der Waals surface area contributed by atoms with Crippen LogP contribution >= 0.6 is 11.8 Å². The summed E-state index contributed by atoms with van der Waals surface area (Å²) in [5, 5.41) is 2.96. The van der Waals surface area contributed by atoms with E-state index in [1.165, 1.54) is 5.56 Å². The van der Waals surface area contributed by atoms with Gasteiger partial charge < -0.3 is 11.1 Å². The molecule has 0 atom stereocenters. The average molecular weight is 353 g/mol. The van der Waals surface area contributed by atoms with Gasteiger partial charge in [0.1, 0.15) is 0 Å². The molecule has 0 aliphatic rings. The second-order valence-electron chi connectivity index (χ2n) is 5.52. The van der Waals surface area contributed by atoms with Gasteiger partial charge in [0.05, 0.1) is 5.75 Å². The number of aryl methyl sites for hydroxylation is 1. The highest BCUT2D eigenvalue weighted by atomic mass is 32.2. The molecule has 0 aliphatic heterocycles. The zero-order chi connectivity index (χ0) is 17.7. The summed E-state index contributed by atoms with van der Waals surface area (Å²) in [6.07, 6.45) is 16.7. The Balaban J connectivity index is 1.73. The minimum absolute atomic E-state index is 0.792. The molecule has 0 fully saturated rings. The molecule has 1 aromatic carbocycles. The molecule has 4 heteroatoms. The molecular weight excluding hydrogens is 326 g/mol. The van der Waals surface area contributed by atoms with E-state index in [9.17, 15) is 0 Å². The Kier molecular flexibility index (Phi) is 8.42. The minimum atomic E-state index is 0.792. The van der Waals surface area contributed by atoms with Gasteiger partial charge in [0.25, 0.3) is 0 Å². The molecule has 1 heterocycles. The molecule has 2 rings (SSSR count). The zero-order valence-corrected chi connectivity index (χ0v) is 15.5. The summed E-state index contributed by atoms with van der Waals surface area (Å²) in [6, 6.07) is 12.2. The van der Waals surface area contributed by atoms with Crippen molar-refractivity contribution in [2.45, 2.75) is 6.54 Å². The summed E-state index contributed by atoms with van der Waals surface area (Å²) in [6.45, 7) is 1.02. The molecule has 25 heavy (non-hydrogen) atoms. The van der Waals surface area contributed by atoms with Crippen LogP contribution in [0.1, 0.15) is 11.1 Å². The molecule has 130 valence electrons. The SMILES string of the molecule is CN/C=C\C=C/CSCC[n+]1ccc(/C=C/c2ccc(N)cc2)cc1. The largest absolute Gasteiger partial charge is 0.399 e. The quantitative estimate of drug-likeness (QED) is 0.313. The Labute approximate surface area is 155 Å². The van der Waals surface area contributed by atoms with Crippen molar-refractivity contribution in [3.05, 3.63) is 84.3 Å². The predicted molar refractivity (Wildman–Crippen MR) is 111 cm³/mol. The van der Waals surface area contributed by atoms with Crippen LogP contribution in [0.25, 0.3) is 12.2 Å². The number of nitrogens with two attached hydrogens (primary N) is 1. The van der Waals surface area contributed by atoms with Crippen LogP contribution in [0.4, 0.5) is 5.69 Å². The summed E-state index contributed by atoms with van der Waals surface area (Å²) in [4.78, 5) is 0. The Morgan fingerprint density at radius 1 is 1.00 bits per heavy atom. The Morgan fingerprint density at radius 3 is 2.36 bits per heavy atom. The van der Waals surface area contributed by atoms with E-state index in [0.717, 1.165) is 29.3 Å². The van der Waals surface area contributed by atoms with Crippen molar-refractivity contribution < 1.29 is 4.57 Å². The van der Waals surface area contributed by atoms with E-state index in [-0.39, 0.29) is 0 Å². The van der Waals surface area contributed by atoms with Crippen LogP contribution in [-0.2, 0) is 6.54 Å². The average Bonchev–Trinajstić information content (AvgIpc) is 2.64. The number of nitrogen functional groups attached to an aromatic ring is 1. The minimum Gasteiger partial charge on any atom is -0.399 e. The van der Waals surface area contributed by atoms with Crippen molar-refractivity contribution in [1.29, 1.82) is 0 Å². The van der Waals surface area contributed by atoms with E-state index in [1.54, 1.807) is 0 Å². The Hall–Kier alpha value is -2.46. The van der Waals surface area contributed by atoms with Gasteiger partial charge >= 0.3 is 0 Å². The van der Waals surface area contributed by atoms with Crippen LogP contribution < -0.4 is 15.6 Å². The van der Waals surface area contributed by atoms with Gasteiger partial charge in [-0.15, -0.1) is 0 Å². The number of hydrogen-bond donors (Lipinski definition) is 2. The van der Waals surface area contributed by atoms with Gasteiger partial charge in [-0.05, 0) is 35.5 Å². The van der Waals surface area contributed by atoms with Crippen LogP contribution in [0.2, 0.25) is 0 Å². The van der Waals surface area contributed by atoms with E-state index >= 15 is 0 Å². The zero-order valence-electron chi connectivity index (χ0n) is 14.6. The maximum absolute atomic E-state index is 5.70. The van der Waals surface area contributed by atoms with E-state index < -0.39 is 0 Å². The van der Waals surface area contributed by atoms with Crippen molar-refractivity contribution in [2.24, 2.45) is 0 Å². The van der Waals surface area contributed by atoms with Crippen LogP contribution in [0.3, 0.4) is 0 Å². The van der Waals surface area contributed by atoms with Crippen LogP contribution in [-0.4, -0.2) is 18.6 Å². The number of thioether (sulfide) groups is 1. The lowest BCUT2D eigenvalue weighted by Gasteiger charge is -1.98. The number of benzene rings is 1. The number of rotatable bonds is 9. The molecule has 3 nitrogen and oxygen atoms in total. The highest BCUT2D eigenvalue weighted by Crippen LogP contribution is 2.09. The van der Waals surface area contributed by atoms with Crippen molar-refractivity contribution >= 4 is 29.6 Å². The van der Waals surface area contributed by atoms with E-state index in [2.05, 4.69) is 58.7 Å². The van der Waals surface area contributed by atoms with Crippen LogP contribution in [0, 0.1) is 0 Å². The normalized spacial score (nSPS) is 11.7. The molecule has 2 aromatic rings. The summed E-state index contributed by atoms with van der Waals surface area (Å²) in [5.74, 6) is 2.14. The Morgan fingerprint density at radius 2 is 1.68 bits per heavy atom. The van der Waals surface area contributed by atoms with Gasteiger partial charge in [-0.25, -0.2) is 4.57 Å². The molecule has 0 amide bonds. The third-order valence-electron chi connectivity index (χ3n) is 3.54. The molecule has 0 radical (unpaired) electrons. The number of nitrogens with one attached hydrogen (secondary N) is 1. The van der Waals surface area contributed by atoms with Crippen molar-refractivity contribution in [1.82, 2.24) is 5.32 Å². The first-order valence-electron chi connectivity index (χ1n) is 8.37. The summed E-state index contributed by atoms with van der Waals surface area (Å²) in [5.41, 5.74) is 8.84. The van der Waals surface area contributed by atoms with Crippen molar-refractivity contribution in [2.75, 3.05) is 24.3 Å². The van der Waals surface area contributed by atoms with E-state index in [1.807, 2.05) is 55.4 Å². The highest BCUT2D eigenvalue weighted by molar-refractivity contribution is 7.99. The van der Waals surface area contributed by atoms with Crippen molar-refractivity contribution in [3.8, 4) is 0 Å². The third-order valence-corrected chi connectivity index (χ3v) is 4.44. The predicted octanol–water partition coefficient (Wildman–Crippen LogP) is 3.75. The third kappa shape index (κ3) is 7.77. The number of anilines is 1. The molecule has 0 spiro atoms. The molecule has 0 saturated carbocycles. The van der Waals surface area contributed by atoms with Gasteiger partial charge in [-0.1, -0.05) is 36.4 Å². The lowest BCUT2D eigenvalue weighted by Crippen LogP contribution is -2.33. The number of allylic oxidation sites excluding steroid dienone is 2. The Bertz CT molecular complexity index is 701. The van der Waals surface area contributed by atoms with Gasteiger partial charge in [0, 0.05) is 30.6 Å². The lowest BCUT2D eigenvalue weighted by molar-refractivity contribution is -0.692. The highest BCUT2D eigenvalue weighted by Gasteiger charge is 1.99. The molecule has 0 aliphatic carbocycles. The van der Waals surface area contributed by atoms with Gasteiger partial charge in [0.15, 0.2) is 18.9 Å². The van der Waals surface area contributed by atoms with E-state index in [0.29, 0.717) is 0 Å².